The molecule has 0 aliphatic rings. The average Bonchev–Trinajstić information content (AvgIpc) is 2.69. The van der Waals surface area contributed by atoms with Crippen LogP contribution in [0, 0.1) is 0 Å². The minimum absolute atomic E-state index is 0.142. The van der Waals surface area contributed by atoms with Crippen LogP contribution in [0.2, 0.25) is 0 Å². The number of aliphatic hydroxyl groups is 1. The summed E-state index contributed by atoms with van der Waals surface area (Å²) in [5, 5.41) is 8.66. The Morgan fingerprint density at radius 3 is 2.93 bits per heavy atom. The van der Waals surface area contributed by atoms with Gasteiger partial charge in [0.1, 0.15) is 11.1 Å². The number of hydrogen-bond acceptors (Lipinski definition) is 3. The van der Waals surface area contributed by atoms with Crippen molar-refractivity contribution in [3.63, 3.8) is 0 Å². The third-order valence-corrected chi connectivity index (χ3v) is 2.49. The summed E-state index contributed by atoms with van der Waals surface area (Å²) >= 11 is 6.14. The first-order chi connectivity index (χ1) is 6.77. The van der Waals surface area contributed by atoms with E-state index in [-0.39, 0.29) is 12.0 Å². The number of alkyl halides is 1. The lowest BCUT2D eigenvalue weighted by atomic mass is 10.3. The van der Waals surface area contributed by atoms with E-state index < -0.39 is 0 Å². The first-order valence-electron chi connectivity index (χ1n) is 4.78. The van der Waals surface area contributed by atoms with E-state index in [0.29, 0.717) is 13.1 Å². The van der Waals surface area contributed by atoms with Crippen LogP contribution in [0.15, 0.2) is 22.8 Å². The van der Waals surface area contributed by atoms with Crippen molar-refractivity contribution in [2.75, 3.05) is 26.2 Å². The predicted molar refractivity (Wildman–Crippen MR) is 56.5 cm³/mol. The van der Waals surface area contributed by atoms with Crippen LogP contribution in [0.5, 0.6) is 0 Å². The lowest BCUT2D eigenvalue weighted by molar-refractivity contribution is 0.199. The summed E-state index contributed by atoms with van der Waals surface area (Å²) in [6, 6.07) is 3.69. The second-order valence-corrected chi connectivity index (χ2v) is 3.63. The fraction of sp³-hybridized carbons (Fsp3) is 0.600. The molecule has 1 atom stereocenters. The zero-order valence-corrected chi connectivity index (χ0v) is 9.07. The highest BCUT2D eigenvalue weighted by Crippen LogP contribution is 2.21. The van der Waals surface area contributed by atoms with E-state index in [2.05, 4.69) is 4.90 Å². The van der Waals surface area contributed by atoms with Crippen molar-refractivity contribution in [3.8, 4) is 0 Å². The first kappa shape index (κ1) is 11.6. The second-order valence-electron chi connectivity index (χ2n) is 3.10. The van der Waals surface area contributed by atoms with Crippen LogP contribution >= 0.6 is 11.6 Å². The number of halogens is 1. The molecule has 4 heteroatoms. The van der Waals surface area contributed by atoms with Gasteiger partial charge in [-0.3, -0.25) is 4.90 Å². The van der Waals surface area contributed by atoms with E-state index in [1.165, 1.54) is 0 Å². The van der Waals surface area contributed by atoms with Gasteiger partial charge in [-0.25, -0.2) is 0 Å². The number of hydrogen-bond donors (Lipinski definition) is 1. The quantitative estimate of drug-likeness (QED) is 0.740. The van der Waals surface area contributed by atoms with Gasteiger partial charge in [0.05, 0.1) is 12.9 Å². The van der Waals surface area contributed by atoms with Crippen molar-refractivity contribution in [3.05, 3.63) is 24.2 Å². The minimum atomic E-state index is -0.142. The summed E-state index contributed by atoms with van der Waals surface area (Å²) in [5.74, 6) is 0.781. The van der Waals surface area contributed by atoms with Crippen LogP contribution < -0.4 is 0 Å². The van der Waals surface area contributed by atoms with Crippen LogP contribution in [0.25, 0.3) is 0 Å². The van der Waals surface area contributed by atoms with Gasteiger partial charge in [-0.05, 0) is 18.7 Å². The Bertz CT molecular complexity index is 238. The zero-order valence-electron chi connectivity index (χ0n) is 8.32. The molecule has 0 radical (unpaired) electrons. The van der Waals surface area contributed by atoms with Gasteiger partial charge in [0.15, 0.2) is 0 Å². The summed E-state index contributed by atoms with van der Waals surface area (Å²) in [6.07, 6.45) is 1.62. The van der Waals surface area contributed by atoms with E-state index in [1.807, 2.05) is 19.1 Å². The average molecular weight is 218 g/mol. The number of likely N-dealkylation sites (N-methyl/N-ethyl adjacent to an activating group) is 1. The molecule has 0 amide bonds. The molecule has 3 nitrogen and oxygen atoms in total. The minimum Gasteiger partial charge on any atom is -0.468 e. The van der Waals surface area contributed by atoms with E-state index in [4.69, 9.17) is 21.1 Å². The molecule has 1 aromatic heterocycles. The fourth-order valence-corrected chi connectivity index (χ4v) is 1.63. The Hall–Kier alpha value is -0.510. The number of nitrogens with zero attached hydrogens (tertiary/aromatic N) is 1. The maximum absolute atomic E-state index is 8.80. The largest absolute Gasteiger partial charge is 0.468 e. The molecule has 0 saturated heterocycles. The van der Waals surface area contributed by atoms with Crippen molar-refractivity contribution in [1.82, 2.24) is 4.90 Å². The molecule has 1 N–H and O–H groups in total. The smallest absolute Gasteiger partial charge is 0.122 e. The third kappa shape index (κ3) is 3.33. The van der Waals surface area contributed by atoms with Crippen LogP contribution in [0.3, 0.4) is 0 Å². The van der Waals surface area contributed by atoms with Gasteiger partial charge in [0.2, 0.25) is 0 Å². The molecule has 0 spiro atoms. The van der Waals surface area contributed by atoms with Crippen molar-refractivity contribution < 1.29 is 9.52 Å². The number of furan rings is 1. The molecule has 1 unspecified atom stereocenters. The van der Waals surface area contributed by atoms with Crippen molar-refractivity contribution in [2.45, 2.75) is 12.3 Å². The van der Waals surface area contributed by atoms with Crippen LogP contribution in [0.4, 0.5) is 0 Å². The normalized spacial score (nSPS) is 13.4. The summed E-state index contributed by atoms with van der Waals surface area (Å²) < 4.78 is 5.20. The molecule has 0 aliphatic carbocycles. The standard InChI is InChI=1S/C10H16ClNO2/c1-2-12(5-6-13)8-9(11)10-4-3-7-14-10/h3-4,7,9,13H,2,5-6,8H2,1H3. The van der Waals surface area contributed by atoms with Gasteiger partial charge in [-0.15, -0.1) is 11.6 Å². The van der Waals surface area contributed by atoms with Crippen LogP contribution in [0.1, 0.15) is 18.1 Å². The Kier molecular flexibility index (Phi) is 5.01. The molecule has 1 aromatic rings. The summed E-state index contributed by atoms with van der Waals surface area (Å²) in [5.41, 5.74) is 0. The highest BCUT2D eigenvalue weighted by molar-refractivity contribution is 6.20. The van der Waals surface area contributed by atoms with E-state index in [9.17, 15) is 0 Å². The highest BCUT2D eigenvalue weighted by atomic mass is 35.5. The third-order valence-electron chi connectivity index (χ3n) is 2.13. The van der Waals surface area contributed by atoms with E-state index in [0.717, 1.165) is 12.3 Å². The van der Waals surface area contributed by atoms with Crippen molar-refractivity contribution in [2.24, 2.45) is 0 Å². The summed E-state index contributed by atoms with van der Waals surface area (Å²) in [7, 11) is 0. The number of aliphatic hydroxyl groups excluding tert-OH is 1. The monoisotopic (exact) mass is 217 g/mol. The van der Waals surface area contributed by atoms with E-state index in [1.54, 1.807) is 6.26 Å². The molecule has 0 saturated carbocycles. The molecule has 0 aliphatic heterocycles. The predicted octanol–water partition coefficient (Wildman–Crippen LogP) is 1.87. The SMILES string of the molecule is CCN(CCO)CC(Cl)c1ccco1. The maximum atomic E-state index is 8.80. The van der Waals surface area contributed by atoms with Crippen molar-refractivity contribution >= 4 is 11.6 Å². The molecule has 1 heterocycles. The van der Waals surface area contributed by atoms with Crippen molar-refractivity contribution in [1.29, 1.82) is 0 Å². The van der Waals surface area contributed by atoms with E-state index >= 15 is 0 Å². The Morgan fingerprint density at radius 1 is 1.64 bits per heavy atom. The second kappa shape index (κ2) is 6.06. The zero-order chi connectivity index (χ0) is 10.4. The first-order valence-corrected chi connectivity index (χ1v) is 5.22. The molecule has 14 heavy (non-hydrogen) atoms. The number of rotatable bonds is 6. The molecular weight excluding hydrogens is 202 g/mol. The lowest BCUT2D eigenvalue weighted by Crippen LogP contribution is -2.29. The molecule has 0 bridgehead atoms. The lowest BCUT2D eigenvalue weighted by Gasteiger charge is -2.20. The maximum Gasteiger partial charge on any atom is 0.122 e. The highest BCUT2D eigenvalue weighted by Gasteiger charge is 2.14. The molecule has 0 fully saturated rings. The fourth-order valence-electron chi connectivity index (χ4n) is 1.31. The van der Waals surface area contributed by atoms with Gasteiger partial charge in [0.25, 0.3) is 0 Å². The van der Waals surface area contributed by atoms with Crippen LogP contribution in [-0.2, 0) is 0 Å². The Balaban J connectivity index is 2.42. The van der Waals surface area contributed by atoms with Gasteiger partial charge in [-0.1, -0.05) is 6.92 Å². The van der Waals surface area contributed by atoms with Gasteiger partial charge in [0, 0.05) is 13.1 Å². The molecule has 0 aromatic carbocycles. The van der Waals surface area contributed by atoms with Gasteiger partial charge in [-0.2, -0.15) is 0 Å². The summed E-state index contributed by atoms with van der Waals surface area (Å²) in [4.78, 5) is 2.08. The molecular formula is C10H16ClNO2. The van der Waals surface area contributed by atoms with Crippen LogP contribution in [-0.4, -0.2) is 36.2 Å². The van der Waals surface area contributed by atoms with Gasteiger partial charge >= 0.3 is 0 Å². The van der Waals surface area contributed by atoms with Gasteiger partial charge < -0.3 is 9.52 Å². The Morgan fingerprint density at radius 2 is 2.43 bits per heavy atom. The summed E-state index contributed by atoms with van der Waals surface area (Å²) in [6.45, 7) is 4.44. The Labute approximate surface area is 89.3 Å². The topological polar surface area (TPSA) is 36.6 Å². The molecule has 1 rings (SSSR count). The molecule has 80 valence electrons.